The molecular formula is C22H20N2O2S. The standard InChI is InChI=1S/C22H20N2O2S/c1-3-24-18-7-5-4-6-16(18)20-17(22(24)26)12-19(27-20)21(25)23-13-15-10-8-14(2)9-11-15/h4-12H,3,13H2,1-2H3,(H,23,25). The molecule has 2 aromatic heterocycles. The Bertz CT molecular complexity index is 1200. The van der Waals surface area contributed by atoms with Crippen molar-refractivity contribution >= 4 is 38.2 Å². The summed E-state index contributed by atoms with van der Waals surface area (Å²) in [7, 11) is 0. The molecular weight excluding hydrogens is 356 g/mol. The van der Waals surface area contributed by atoms with Crippen LogP contribution in [-0.2, 0) is 13.1 Å². The Balaban J connectivity index is 1.71. The highest BCUT2D eigenvalue weighted by Crippen LogP contribution is 2.30. The van der Waals surface area contributed by atoms with Crippen LogP contribution in [-0.4, -0.2) is 10.5 Å². The first kappa shape index (κ1) is 17.5. The van der Waals surface area contributed by atoms with Gasteiger partial charge in [0.05, 0.1) is 15.8 Å². The van der Waals surface area contributed by atoms with Gasteiger partial charge in [-0.1, -0.05) is 48.0 Å². The van der Waals surface area contributed by atoms with E-state index in [9.17, 15) is 9.59 Å². The molecule has 0 bridgehead atoms. The van der Waals surface area contributed by atoms with Crippen molar-refractivity contribution in [1.82, 2.24) is 9.88 Å². The first-order valence-electron chi connectivity index (χ1n) is 8.97. The SMILES string of the molecule is CCn1c(=O)c2cc(C(=O)NCc3ccc(C)cc3)sc2c2ccccc21. The van der Waals surface area contributed by atoms with Gasteiger partial charge in [0.15, 0.2) is 0 Å². The van der Waals surface area contributed by atoms with Gasteiger partial charge in [0.2, 0.25) is 0 Å². The molecule has 0 saturated carbocycles. The second kappa shape index (κ2) is 7.00. The first-order chi connectivity index (χ1) is 13.1. The highest BCUT2D eigenvalue weighted by Gasteiger charge is 2.16. The van der Waals surface area contributed by atoms with Crippen molar-refractivity contribution < 1.29 is 4.79 Å². The smallest absolute Gasteiger partial charge is 0.261 e. The molecule has 27 heavy (non-hydrogen) atoms. The topological polar surface area (TPSA) is 51.1 Å². The van der Waals surface area contributed by atoms with E-state index in [1.165, 1.54) is 16.9 Å². The molecule has 1 N–H and O–H groups in total. The second-order valence-corrected chi connectivity index (χ2v) is 7.64. The molecule has 0 aliphatic heterocycles. The summed E-state index contributed by atoms with van der Waals surface area (Å²) in [6.45, 7) is 5.06. The lowest BCUT2D eigenvalue weighted by molar-refractivity contribution is 0.0955. The Morgan fingerprint density at radius 2 is 1.81 bits per heavy atom. The molecule has 0 aliphatic carbocycles. The number of nitrogens with one attached hydrogen (secondary N) is 1. The van der Waals surface area contributed by atoms with Gasteiger partial charge in [0.1, 0.15) is 0 Å². The number of benzene rings is 2. The molecule has 0 saturated heterocycles. The third-order valence-electron chi connectivity index (χ3n) is 4.76. The van der Waals surface area contributed by atoms with Crippen molar-refractivity contribution in [2.24, 2.45) is 0 Å². The van der Waals surface area contributed by atoms with E-state index in [0.29, 0.717) is 23.4 Å². The monoisotopic (exact) mass is 376 g/mol. The van der Waals surface area contributed by atoms with E-state index in [0.717, 1.165) is 21.2 Å². The van der Waals surface area contributed by atoms with Crippen molar-refractivity contribution in [2.45, 2.75) is 26.9 Å². The molecule has 4 rings (SSSR count). The van der Waals surface area contributed by atoms with E-state index in [-0.39, 0.29) is 11.5 Å². The predicted octanol–water partition coefficient (Wildman–Crippen LogP) is 4.47. The minimum atomic E-state index is -0.150. The van der Waals surface area contributed by atoms with Gasteiger partial charge >= 0.3 is 0 Å². The maximum atomic E-state index is 12.9. The van der Waals surface area contributed by atoms with Crippen molar-refractivity contribution in [3.8, 4) is 0 Å². The van der Waals surface area contributed by atoms with Gasteiger partial charge in [-0.15, -0.1) is 11.3 Å². The number of para-hydroxylation sites is 1. The Morgan fingerprint density at radius 1 is 1.07 bits per heavy atom. The Morgan fingerprint density at radius 3 is 2.56 bits per heavy atom. The Kier molecular flexibility index (Phi) is 4.54. The maximum Gasteiger partial charge on any atom is 0.261 e. The van der Waals surface area contributed by atoms with Gasteiger partial charge < -0.3 is 9.88 Å². The van der Waals surface area contributed by atoms with Crippen molar-refractivity contribution in [3.63, 3.8) is 0 Å². The third-order valence-corrected chi connectivity index (χ3v) is 5.93. The first-order valence-corrected chi connectivity index (χ1v) is 9.79. The highest BCUT2D eigenvalue weighted by molar-refractivity contribution is 7.21. The predicted molar refractivity (Wildman–Crippen MR) is 112 cm³/mol. The third kappa shape index (κ3) is 3.15. The molecule has 0 radical (unpaired) electrons. The lowest BCUT2D eigenvalue weighted by Gasteiger charge is -2.08. The van der Waals surface area contributed by atoms with E-state index >= 15 is 0 Å². The van der Waals surface area contributed by atoms with Gasteiger partial charge in [-0.2, -0.15) is 0 Å². The average molecular weight is 376 g/mol. The van der Waals surface area contributed by atoms with Crippen LogP contribution in [0.25, 0.3) is 21.0 Å². The quantitative estimate of drug-likeness (QED) is 0.571. The number of aryl methyl sites for hydroxylation is 2. The number of hydrogen-bond acceptors (Lipinski definition) is 3. The molecule has 136 valence electrons. The number of nitrogens with zero attached hydrogens (tertiary/aromatic N) is 1. The van der Waals surface area contributed by atoms with Gasteiger partial charge in [0.25, 0.3) is 11.5 Å². The summed E-state index contributed by atoms with van der Waals surface area (Å²) in [5.74, 6) is -0.150. The maximum absolute atomic E-state index is 12.9. The summed E-state index contributed by atoms with van der Waals surface area (Å²) in [5, 5.41) is 4.58. The summed E-state index contributed by atoms with van der Waals surface area (Å²) in [5.41, 5.74) is 3.11. The number of rotatable bonds is 4. The van der Waals surface area contributed by atoms with Gasteiger partial charge in [-0.25, -0.2) is 0 Å². The fourth-order valence-electron chi connectivity index (χ4n) is 3.31. The zero-order valence-electron chi connectivity index (χ0n) is 15.3. The molecule has 4 nitrogen and oxygen atoms in total. The minimum Gasteiger partial charge on any atom is -0.347 e. The van der Waals surface area contributed by atoms with Crippen molar-refractivity contribution in [3.05, 3.63) is 81.0 Å². The summed E-state index contributed by atoms with van der Waals surface area (Å²) < 4.78 is 2.64. The Hall–Kier alpha value is -2.92. The molecule has 4 aromatic rings. The molecule has 0 spiro atoms. The summed E-state index contributed by atoms with van der Waals surface area (Å²) in [4.78, 5) is 26.1. The highest BCUT2D eigenvalue weighted by atomic mass is 32.1. The van der Waals surface area contributed by atoms with E-state index in [1.54, 1.807) is 10.6 Å². The van der Waals surface area contributed by atoms with Crippen LogP contribution < -0.4 is 10.9 Å². The van der Waals surface area contributed by atoms with E-state index in [1.807, 2.05) is 62.4 Å². The van der Waals surface area contributed by atoms with E-state index < -0.39 is 0 Å². The lowest BCUT2D eigenvalue weighted by atomic mass is 10.1. The molecule has 0 unspecified atom stereocenters. The summed E-state index contributed by atoms with van der Waals surface area (Å²) in [6.07, 6.45) is 0. The van der Waals surface area contributed by atoms with Crippen LogP contribution in [0.1, 0.15) is 27.7 Å². The molecule has 2 aromatic carbocycles. The summed E-state index contributed by atoms with van der Waals surface area (Å²) >= 11 is 1.38. The molecule has 0 atom stereocenters. The van der Waals surface area contributed by atoms with Crippen LogP contribution in [0.15, 0.2) is 59.4 Å². The molecule has 5 heteroatoms. The van der Waals surface area contributed by atoms with Crippen molar-refractivity contribution in [1.29, 1.82) is 0 Å². The fraction of sp³-hybridized carbons (Fsp3) is 0.182. The fourth-order valence-corrected chi connectivity index (χ4v) is 4.41. The zero-order chi connectivity index (χ0) is 19.0. The number of pyridine rings is 1. The number of carbonyl (C=O) groups is 1. The van der Waals surface area contributed by atoms with Crippen LogP contribution in [0.2, 0.25) is 0 Å². The van der Waals surface area contributed by atoms with Gasteiger partial charge in [0, 0.05) is 23.2 Å². The van der Waals surface area contributed by atoms with Gasteiger partial charge in [-0.3, -0.25) is 9.59 Å². The molecule has 0 aliphatic rings. The van der Waals surface area contributed by atoms with Crippen LogP contribution >= 0.6 is 11.3 Å². The number of carbonyl (C=O) groups excluding carboxylic acids is 1. The number of fused-ring (bicyclic) bond motifs is 3. The molecule has 0 fully saturated rings. The van der Waals surface area contributed by atoms with E-state index in [4.69, 9.17) is 0 Å². The molecule has 2 heterocycles. The lowest BCUT2D eigenvalue weighted by Crippen LogP contribution is -2.22. The van der Waals surface area contributed by atoms with Crippen LogP contribution in [0.5, 0.6) is 0 Å². The van der Waals surface area contributed by atoms with Crippen LogP contribution in [0.3, 0.4) is 0 Å². The number of aromatic nitrogens is 1. The normalized spacial score (nSPS) is 11.2. The second-order valence-electron chi connectivity index (χ2n) is 6.59. The molecule has 1 amide bonds. The largest absolute Gasteiger partial charge is 0.347 e. The van der Waals surface area contributed by atoms with Gasteiger partial charge in [-0.05, 0) is 31.5 Å². The van der Waals surface area contributed by atoms with E-state index in [2.05, 4.69) is 5.32 Å². The van der Waals surface area contributed by atoms with Crippen molar-refractivity contribution in [2.75, 3.05) is 0 Å². The minimum absolute atomic E-state index is 0.0416. The zero-order valence-corrected chi connectivity index (χ0v) is 16.1. The van der Waals surface area contributed by atoms with Crippen LogP contribution in [0, 0.1) is 6.92 Å². The Labute approximate surface area is 161 Å². The average Bonchev–Trinajstić information content (AvgIpc) is 3.14. The number of thiophene rings is 1. The number of hydrogen-bond donors (Lipinski definition) is 1. The summed E-state index contributed by atoms with van der Waals surface area (Å²) in [6, 6.07) is 17.7. The van der Waals surface area contributed by atoms with Crippen LogP contribution in [0.4, 0.5) is 0 Å². The number of amides is 1.